The highest BCUT2D eigenvalue weighted by atomic mass is 14.6. The average molecular weight is 485 g/mol. The third-order valence-corrected chi connectivity index (χ3v) is 11.6. The van der Waals surface area contributed by atoms with Crippen LogP contribution in [0.5, 0.6) is 0 Å². The Morgan fingerprint density at radius 3 is 1.28 bits per heavy atom. The van der Waals surface area contributed by atoms with E-state index >= 15 is 0 Å². The summed E-state index contributed by atoms with van der Waals surface area (Å²) >= 11 is 0. The molecule has 2 aromatic rings. The molecule has 3 fully saturated rings. The molecule has 36 heavy (non-hydrogen) atoms. The van der Waals surface area contributed by atoms with Crippen LogP contribution >= 0.6 is 0 Å². The summed E-state index contributed by atoms with van der Waals surface area (Å²) in [5, 5.41) is 0. The van der Waals surface area contributed by atoms with Gasteiger partial charge in [-0.05, 0) is 139 Å². The van der Waals surface area contributed by atoms with E-state index in [2.05, 4.69) is 77.9 Å². The van der Waals surface area contributed by atoms with Crippen LogP contribution in [0.4, 0.5) is 0 Å². The molecule has 0 amide bonds. The van der Waals surface area contributed by atoms with Gasteiger partial charge in [0.1, 0.15) is 0 Å². The number of hydrogen-bond donors (Lipinski definition) is 0. The Hall–Kier alpha value is -1.56. The lowest BCUT2D eigenvalue weighted by atomic mass is 9.40. The summed E-state index contributed by atoms with van der Waals surface area (Å²) in [5.74, 6) is 5.06. The minimum Gasteiger partial charge on any atom is -0.0619 e. The van der Waals surface area contributed by atoms with E-state index in [-0.39, 0.29) is 0 Å². The number of aryl methyl sites for hydroxylation is 4. The third kappa shape index (κ3) is 4.10. The van der Waals surface area contributed by atoms with Gasteiger partial charge in [-0.15, -0.1) is 0 Å². The van der Waals surface area contributed by atoms with Crippen molar-refractivity contribution in [3.63, 3.8) is 0 Å². The maximum Gasteiger partial charge on any atom is -0.0151 e. The highest BCUT2D eigenvalue weighted by Gasteiger charge is 2.59. The molecule has 0 heteroatoms. The molecule has 5 rings (SSSR count). The lowest BCUT2D eigenvalue weighted by Crippen LogP contribution is -2.56. The van der Waals surface area contributed by atoms with Crippen molar-refractivity contribution >= 4 is 0 Å². The molecule has 0 radical (unpaired) electrons. The molecule has 0 nitrogen and oxygen atoms in total. The zero-order chi connectivity index (χ0) is 25.4. The maximum atomic E-state index is 2.69. The molecule has 3 saturated carbocycles. The van der Waals surface area contributed by atoms with Gasteiger partial charge in [-0.2, -0.15) is 0 Å². The van der Waals surface area contributed by atoms with Gasteiger partial charge in [0.15, 0.2) is 0 Å². The van der Waals surface area contributed by atoms with E-state index < -0.39 is 0 Å². The number of benzene rings is 2. The summed E-state index contributed by atoms with van der Waals surface area (Å²) in [6, 6.07) is 14.3. The average Bonchev–Trinajstić information content (AvgIpc) is 2.91. The Morgan fingerprint density at radius 2 is 0.944 bits per heavy atom. The first kappa shape index (κ1) is 26.1. The van der Waals surface area contributed by atoms with Crippen LogP contribution in [0.2, 0.25) is 0 Å². The zero-order valence-corrected chi connectivity index (χ0v) is 24.2. The Kier molecular flexibility index (Phi) is 7.72. The van der Waals surface area contributed by atoms with E-state index in [1.807, 2.05) is 0 Å². The van der Waals surface area contributed by atoms with E-state index in [9.17, 15) is 0 Å². The Balaban J connectivity index is 1.48. The topological polar surface area (TPSA) is 0 Å². The highest BCUT2D eigenvalue weighted by Crippen LogP contribution is 2.68. The molecule has 0 N–H and O–H groups in total. The van der Waals surface area contributed by atoms with Gasteiger partial charge in [0.25, 0.3) is 0 Å². The Labute approximate surface area is 222 Å². The molecular formula is C36H52. The second-order valence-electron chi connectivity index (χ2n) is 12.9. The second kappa shape index (κ2) is 10.7. The van der Waals surface area contributed by atoms with Crippen LogP contribution < -0.4 is 0 Å². The maximum absolute atomic E-state index is 2.69. The van der Waals surface area contributed by atoms with Gasteiger partial charge >= 0.3 is 0 Å². The fourth-order valence-electron chi connectivity index (χ4n) is 10.4. The quantitative estimate of drug-likeness (QED) is 0.382. The van der Waals surface area contributed by atoms with Crippen LogP contribution in [0.3, 0.4) is 0 Å². The molecule has 7 atom stereocenters. The fraction of sp³-hybridized carbons (Fsp3) is 0.667. The Bertz CT molecular complexity index is 916. The molecule has 1 spiro atoms. The summed E-state index contributed by atoms with van der Waals surface area (Å²) in [4.78, 5) is 0. The van der Waals surface area contributed by atoms with Crippen molar-refractivity contribution in [3.8, 4) is 0 Å². The van der Waals surface area contributed by atoms with E-state index in [0.717, 1.165) is 35.5 Å². The third-order valence-electron chi connectivity index (χ3n) is 11.6. The summed E-state index contributed by atoms with van der Waals surface area (Å²) < 4.78 is 0. The summed E-state index contributed by atoms with van der Waals surface area (Å²) in [6.45, 7) is 14.8. The summed E-state index contributed by atoms with van der Waals surface area (Å²) in [7, 11) is 0. The standard InChI is InChI=1S/C36H52/c1-7-26-14-11-15-27(8-2)34(26)30-20-24(5)36-25(6)21-31(23-33(36)19-13-18-32(36)22-30)35-28(9-3)16-12-17-29(35)10-4/h11-12,14-17,24-25,30-33H,7-10,13,18-23H2,1-6H3/t24-,25+,30+,31?,32+,33-,36?/m1/s1. The van der Waals surface area contributed by atoms with Crippen molar-refractivity contribution in [1.29, 1.82) is 0 Å². The fourth-order valence-corrected chi connectivity index (χ4v) is 10.4. The minimum atomic E-state index is 0.576. The van der Waals surface area contributed by atoms with Crippen LogP contribution in [-0.4, -0.2) is 0 Å². The van der Waals surface area contributed by atoms with Crippen molar-refractivity contribution in [2.24, 2.45) is 29.1 Å². The van der Waals surface area contributed by atoms with Gasteiger partial charge in [0.05, 0.1) is 0 Å². The first-order chi connectivity index (χ1) is 17.5. The lowest BCUT2D eigenvalue weighted by Gasteiger charge is -2.64. The summed E-state index contributed by atoms with van der Waals surface area (Å²) in [6.07, 6.45) is 14.9. The number of hydrogen-bond acceptors (Lipinski definition) is 0. The van der Waals surface area contributed by atoms with Crippen LogP contribution in [0, 0.1) is 29.1 Å². The molecule has 3 aliphatic rings. The Morgan fingerprint density at radius 1 is 0.583 bits per heavy atom. The molecule has 2 aromatic carbocycles. The van der Waals surface area contributed by atoms with Crippen molar-refractivity contribution < 1.29 is 0 Å². The van der Waals surface area contributed by atoms with Crippen molar-refractivity contribution in [2.75, 3.05) is 0 Å². The van der Waals surface area contributed by atoms with Gasteiger partial charge in [0.2, 0.25) is 0 Å². The minimum absolute atomic E-state index is 0.576. The van der Waals surface area contributed by atoms with Crippen LogP contribution in [0.15, 0.2) is 36.4 Å². The first-order valence-corrected chi connectivity index (χ1v) is 15.7. The van der Waals surface area contributed by atoms with Crippen molar-refractivity contribution in [2.45, 2.75) is 124 Å². The predicted octanol–water partition coefficient (Wildman–Crippen LogP) is 10.1. The molecule has 0 bridgehead atoms. The molecule has 0 aliphatic heterocycles. The summed E-state index contributed by atoms with van der Waals surface area (Å²) in [5.41, 5.74) is 10.6. The van der Waals surface area contributed by atoms with E-state index in [4.69, 9.17) is 0 Å². The smallest absolute Gasteiger partial charge is 0.0151 e. The highest BCUT2D eigenvalue weighted by molar-refractivity contribution is 5.41. The molecule has 196 valence electrons. The van der Waals surface area contributed by atoms with Crippen molar-refractivity contribution in [1.82, 2.24) is 0 Å². The van der Waals surface area contributed by atoms with E-state index in [0.29, 0.717) is 5.41 Å². The normalized spacial score (nSPS) is 34.2. The van der Waals surface area contributed by atoms with Crippen LogP contribution in [0.1, 0.15) is 132 Å². The largest absolute Gasteiger partial charge is 0.0619 e. The molecule has 0 saturated heterocycles. The van der Waals surface area contributed by atoms with Gasteiger partial charge in [-0.25, -0.2) is 0 Å². The SMILES string of the molecule is CCc1cccc(CC)c1C1C[C@H]2CCC[C@H]3C[C@@H](c4c(CC)cccc4CC)C[C@@H](C)C23[C@@H](C)C1. The molecule has 0 heterocycles. The molecule has 0 aromatic heterocycles. The van der Waals surface area contributed by atoms with Gasteiger partial charge in [0, 0.05) is 0 Å². The lowest BCUT2D eigenvalue weighted by molar-refractivity contribution is -0.134. The van der Waals surface area contributed by atoms with Gasteiger partial charge < -0.3 is 0 Å². The van der Waals surface area contributed by atoms with Crippen LogP contribution in [0.25, 0.3) is 0 Å². The predicted molar refractivity (Wildman–Crippen MR) is 156 cm³/mol. The monoisotopic (exact) mass is 484 g/mol. The zero-order valence-electron chi connectivity index (χ0n) is 24.2. The molecular weight excluding hydrogens is 432 g/mol. The second-order valence-corrected chi connectivity index (χ2v) is 12.9. The molecule has 3 aliphatic carbocycles. The van der Waals surface area contributed by atoms with E-state index in [1.54, 1.807) is 33.4 Å². The molecule has 2 unspecified atom stereocenters. The first-order valence-electron chi connectivity index (χ1n) is 15.7. The van der Waals surface area contributed by atoms with Crippen molar-refractivity contribution in [3.05, 3.63) is 69.8 Å². The van der Waals surface area contributed by atoms with Crippen LogP contribution in [-0.2, 0) is 25.7 Å². The van der Waals surface area contributed by atoms with Gasteiger partial charge in [-0.3, -0.25) is 0 Å². The van der Waals surface area contributed by atoms with E-state index in [1.165, 1.54) is 70.6 Å². The number of rotatable bonds is 6. The van der Waals surface area contributed by atoms with Gasteiger partial charge in [-0.1, -0.05) is 84.4 Å².